The summed E-state index contributed by atoms with van der Waals surface area (Å²) in [6.07, 6.45) is 4.07. The minimum absolute atomic E-state index is 0.746. The summed E-state index contributed by atoms with van der Waals surface area (Å²) in [6, 6.07) is 9.11. The van der Waals surface area contributed by atoms with Gasteiger partial charge in [-0.05, 0) is 66.9 Å². The van der Waals surface area contributed by atoms with Crippen LogP contribution in [-0.4, -0.2) is 6.54 Å². The molecule has 0 aliphatic heterocycles. The fraction of sp³-hybridized carbons (Fsp3) is 0.412. The van der Waals surface area contributed by atoms with E-state index in [4.69, 9.17) is 5.73 Å². The second-order valence-electron chi connectivity index (χ2n) is 5.92. The van der Waals surface area contributed by atoms with Gasteiger partial charge in [-0.15, -0.1) is 11.3 Å². The summed E-state index contributed by atoms with van der Waals surface area (Å²) in [5.74, 6) is 1.55. The van der Waals surface area contributed by atoms with Crippen LogP contribution in [-0.2, 0) is 0 Å². The highest BCUT2D eigenvalue weighted by atomic mass is 32.1. The van der Waals surface area contributed by atoms with E-state index in [1.54, 1.807) is 11.1 Å². The molecule has 19 heavy (non-hydrogen) atoms. The zero-order valence-electron chi connectivity index (χ0n) is 11.3. The Morgan fingerprint density at radius 3 is 2.95 bits per heavy atom. The summed E-state index contributed by atoms with van der Waals surface area (Å²) in [6.45, 7) is 2.95. The van der Waals surface area contributed by atoms with Gasteiger partial charge in [-0.1, -0.05) is 12.1 Å². The lowest BCUT2D eigenvalue weighted by Crippen LogP contribution is -2.12. The van der Waals surface area contributed by atoms with Gasteiger partial charge in [0, 0.05) is 21.5 Å². The summed E-state index contributed by atoms with van der Waals surface area (Å²) >= 11 is 1.90. The molecule has 98 valence electrons. The molecule has 2 N–H and O–H groups in total. The van der Waals surface area contributed by atoms with Crippen molar-refractivity contribution in [2.24, 2.45) is 17.6 Å². The van der Waals surface area contributed by atoms with Crippen molar-refractivity contribution >= 4 is 27.0 Å². The zero-order valence-corrected chi connectivity index (χ0v) is 12.1. The van der Waals surface area contributed by atoms with Gasteiger partial charge in [0.05, 0.1) is 0 Å². The molecular formula is C17H19NS. The minimum atomic E-state index is 0.746. The monoisotopic (exact) mass is 269 g/mol. The number of thiophene rings is 1. The molecule has 2 unspecified atom stereocenters. The van der Waals surface area contributed by atoms with Crippen LogP contribution in [0.2, 0.25) is 0 Å². The van der Waals surface area contributed by atoms with E-state index >= 15 is 0 Å². The summed E-state index contributed by atoms with van der Waals surface area (Å²) in [7, 11) is 0. The van der Waals surface area contributed by atoms with Gasteiger partial charge in [0.1, 0.15) is 0 Å². The molecule has 2 bridgehead atoms. The number of allylic oxidation sites excluding steroid dienone is 1. The predicted octanol–water partition coefficient (Wildman–Crippen LogP) is 4.35. The van der Waals surface area contributed by atoms with Gasteiger partial charge < -0.3 is 5.73 Å². The third-order valence-corrected chi connectivity index (χ3v) is 5.89. The second kappa shape index (κ2) is 4.19. The lowest BCUT2D eigenvalue weighted by molar-refractivity contribution is 0.646. The van der Waals surface area contributed by atoms with Gasteiger partial charge >= 0.3 is 0 Å². The zero-order chi connectivity index (χ0) is 13.0. The molecule has 0 saturated heterocycles. The van der Waals surface area contributed by atoms with E-state index in [0.717, 1.165) is 18.4 Å². The van der Waals surface area contributed by atoms with Gasteiger partial charge in [-0.3, -0.25) is 0 Å². The van der Waals surface area contributed by atoms with Crippen molar-refractivity contribution in [3.8, 4) is 0 Å². The Labute approximate surface area is 118 Å². The molecular weight excluding hydrogens is 250 g/mol. The Bertz CT molecular complexity index is 680. The van der Waals surface area contributed by atoms with Crippen LogP contribution in [0.5, 0.6) is 0 Å². The fourth-order valence-electron chi connectivity index (χ4n) is 4.13. The first-order valence-electron chi connectivity index (χ1n) is 7.20. The molecule has 1 nitrogen and oxygen atoms in total. The average molecular weight is 269 g/mol. The summed E-state index contributed by atoms with van der Waals surface area (Å²) in [4.78, 5) is 1.40. The first-order valence-corrected chi connectivity index (χ1v) is 8.02. The lowest BCUT2D eigenvalue weighted by atomic mass is 9.86. The standard InChI is InChI=1S/C17H19NS/c1-10-7-14-13(3-2-4-16(14)19-10)17-12-6-5-11(8-12)15(17)9-18/h2-4,7,11-12H,5-6,8-9,18H2,1H3. The summed E-state index contributed by atoms with van der Waals surface area (Å²) in [5.41, 5.74) is 10.7. The Balaban J connectivity index is 1.97. The van der Waals surface area contributed by atoms with Crippen molar-refractivity contribution in [3.63, 3.8) is 0 Å². The SMILES string of the molecule is Cc1cc2c(C3=C(CN)C4CCC3C4)cccc2s1. The molecule has 4 rings (SSSR count). The third kappa shape index (κ3) is 1.63. The lowest BCUT2D eigenvalue weighted by Gasteiger charge is -2.20. The number of benzene rings is 1. The topological polar surface area (TPSA) is 26.0 Å². The highest BCUT2D eigenvalue weighted by Crippen LogP contribution is 2.53. The third-order valence-electron chi connectivity index (χ3n) is 4.87. The normalized spacial score (nSPS) is 25.8. The van der Waals surface area contributed by atoms with Crippen molar-refractivity contribution in [1.29, 1.82) is 0 Å². The number of fused-ring (bicyclic) bond motifs is 3. The van der Waals surface area contributed by atoms with E-state index < -0.39 is 0 Å². The van der Waals surface area contributed by atoms with E-state index in [1.165, 1.54) is 39.8 Å². The highest BCUT2D eigenvalue weighted by molar-refractivity contribution is 7.19. The van der Waals surface area contributed by atoms with Gasteiger partial charge in [-0.25, -0.2) is 0 Å². The van der Waals surface area contributed by atoms with E-state index in [1.807, 2.05) is 11.3 Å². The van der Waals surface area contributed by atoms with E-state index in [0.29, 0.717) is 0 Å². The van der Waals surface area contributed by atoms with Crippen LogP contribution < -0.4 is 5.73 Å². The van der Waals surface area contributed by atoms with Gasteiger partial charge in [0.15, 0.2) is 0 Å². The Morgan fingerprint density at radius 2 is 2.11 bits per heavy atom. The molecule has 1 aromatic heterocycles. The first-order chi connectivity index (χ1) is 9.28. The van der Waals surface area contributed by atoms with Crippen LogP contribution >= 0.6 is 11.3 Å². The highest BCUT2D eigenvalue weighted by Gasteiger charge is 2.39. The van der Waals surface area contributed by atoms with Crippen molar-refractivity contribution in [3.05, 3.63) is 40.3 Å². The summed E-state index contributed by atoms with van der Waals surface area (Å²) in [5, 5.41) is 1.44. The maximum absolute atomic E-state index is 6.04. The average Bonchev–Trinajstić information content (AvgIpc) is 3.08. The number of rotatable bonds is 2. The molecule has 1 fully saturated rings. The van der Waals surface area contributed by atoms with Crippen LogP contribution in [0.3, 0.4) is 0 Å². The van der Waals surface area contributed by atoms with Crippen molar-refractivity contribution in [1.82, 2.24) is 0 Å². The quantitative estimate of drug-likeness (QED) is 0.861. The molecule has 2 aliphatic rings. The maximum Gasteiger partial charge on any atom is 0.0351 e. The molecule has 0 amide bonds. The first kappa shape index (κ1) is 11.7. The molecule has 1 aromatic carbocycles. The Kier molecular flexibility index (Phi) is 2.58. The van der Waals surface area contributed by atoms with Crippen molar-refractivity contribution < 1.29 is 0 Å². The van der Waals surface area contributed by atoms with Gasteiger partial charge in [0.2, 0.25) is 0 Å². The van der Waals surface area contributed by atoms with E-state index in [-0.39, 0.29) is 0 Å². The molecule has 2 atom stereocenters. The van der Waals surface area contributed by atoms with Crippen LogP contribution in [0.4, 0.5) is 0 Å². The van der Waals surface area contributed by atoms with Crippen LogP contribution in [0.15, 0.2) is 29.8 Å². The molecule has 0 radical (unpaired) electrons. The second-order valence-corrected chi connectivity index (χ2v) is 7.21. The predicted molar refractivity (Wildman–Crippen MR) is 83.4 cm³/mol. The van der Waals surface area contributed by atoms with Crippen LogP contribution in [0.25, 0.3) is 15.7 Å². The number of aryl methyl sites for hydroxylation is 1. The Hall–Kier alpha value is -1.12. The molecule has 2 aromatic rings. The van der Waals surface area contributed by atoms with Gasteiger partial charge in [0.25, 0.3) is 0 Å². The van der Waals surface area contributed by atoms with Gasteiger partial charge in [-0.2, -0.15) is 0 Å². The minimum Gasteiger partial charge on any atom is -0.327 e. The number of hydrogen-bond donors (Lipinski definition) is 1. The Morgan fingerprint density at radius 1 is 1.26 bits per heavy atom. The molecule has 0 spiro atoms. The van der Waals surface area contributed by atoms with Crippen LogP contribution in [0.1, 0.15) is 29.7 Å². The van der Waals surface area contributed by atoms with Crippen molar-refractivity contribution in [2.45, 2.75) is 26.2 Å². The largest absolute Gasteiger partial charge is 0.327 e. The maximum atomic E-state index is 6.04. The van der Waals surface area contributed by atoms with E-state index in [9.17, 15) is 0 Å². The fourth-order valence-corrected chi connectivity index (χ4v) is 5.08. The van der Waals surface area contributed by atoms with Crippen molar-refractivity contribution in [2.75, 3.05) is 6.54 Å². The van der Waals surface area contributed by atoms with E-state index in [2.05, 4.69) is 31.2 Å². The molecule has 2 heteroatoms. The smallest absolute Gasteiger partial charge is 0.0351 e. The van der Waals surface area contributed by atoms with Crippen LogP contribution in [0, 0.1) is 18.8 Å². The number of nitrogens with two attached hydrogens (primary N) is 1. The molecule has 1 saturated carbocycles. The molecule has 2 aliphatic carbocycles. The molecule has 1 heterocycles. The summed E-state index contributed by atoms with van der Waals surface area (Å²) < 4.78 is 1.42. The number of hydrogen-bond acceptors (Lipinski definition) is 2.